The van der Waals surface area contributed by atoms with Crippen LogP contribution in [0.2, 0.25) is 0 Å². The van der Waals surface area contributed by atoms with E-state index in [1.807, 2.05) is 13.8 Å². The maximum absolute atomic E-state index is 13.0. The topological polar surface area (TPSA) is 479 Å². The molecule has 3 heterocycles. The van der Waals surface area contributed by atoms with Crippen LogP contribution in [0.3, 0.4) is 0 Å². The first-order chi connectivity index (χ1) is 48.2. The first kappa shape index (κ1) is 90.5. The molecule has 101 heavy (non-hydrogen) atoms. The van der Waals surface area contributed by atoms with Crippen LogP contribution in [-0.2, 0) is 85.8 Å². The Morgan fingerprint density at radius 2 is 0.653 bits per heavy atom. The molecule has 0 bridgehead atoms. The molecule has 0 spiro atoms. The summed E-state index contributed by atoms with van der Waals surface area (Å²) in [5.41, 5.74) is -0.711. The van der Waals surface area contributed by atoms with Gasteiger partial charge in [0.15, 0.2) is 18.9 Å². The fourth-order valence-electron chi connectivity index (χ4n) is 12.1. The Kier molecular flexibility index (Phi) is 46.1. The number of aliphatic hydroxyl groups excluding tert-OH is 9. The van der Waals surface area contributed by atoms with Crippen molar-refractivity contribution in [2.75, 3.05) is 92.4 Å². The maximum atomic E-state index is 13.0. The fraction of sp³-hybridized carbons (Fsp3) is 0.870. The summed E-state index contributed by atoms with van der Waals surface area (Å²) >= 11 is 0. The average molecular weight is 1450 g/mol. The number of ether oxygens (including phenoxy) is 9. The third kappa shape index (κ3) is 36.7. The van der Waals surface area contributed by atoms with E-state index >= 15 is 0 Å². The van der Waals surface area contributed by atoms with Gasteiger partial charge in [-0.2, -0.15) is 0 Å². The van der Waals surface area contributed by atoms with E-state index in [-0.39, 0.29) is 132 Å². The summed E-state index contributed by atoms with van der Waals surface area (Å²) in [5.74, 6) is -1.56. The normalized spacial score (nSPS) is 25.8. The maximum Gasteiger partial charge on any atom is 0.222 e. The standard InChI is InChI=1S/C69H121N5O27/c1-44(2)37-69(41-93-34-26-50(83)20-8-6-7-19-48(81)23-11-16-31-96-66-57(72-45(3)78)63(90)60(87)52(38-75)99-66,42-94-35-27-51(84)22-10-15-29-70-55(85)25-13-18-33-98-68-59(74-47(5)80)65(92)62(89)54(40-77)101-68)43-95-36-28-56(86)71-30-14-9-21-49(82)24-12-17-32-97-67-58(73-46(4)79)64(91)61(88)53(39-76)100-67/h44,52-54,57-68,75-77,87-92H,6-43H2,1-5H3,(H,70,85)(H,71,86)(H,72,78)(H,73,79)(H,74,80)/t52?,53?,54?,57-,58-,59-,60-,61-,62-,63?,64?,65?,66+,67+,68+,69?/m0/s1. The molecular formula is C69H121N5O27. The summed E-state index contributed by atoms with van der Waals surface area (Å²) < 4.78 is 52.4. The highest BCUT2D eigenvalue weighted by atomic mass is 16.7. The van der Waals surface area contributed by atoms with E-state index in [4.69, 9.17) is 42.6 Å². The summed E-state index contributed by atoms with van der Waals surface area (Å²) in [6, 6.07) is -3.17. The Morgan fingerprint density at radius 3 is 0.970 bits per heavy atom. The second-order valence-corrected chi connectivity index (χ2v) is 27.1. The molecular weight excluding hydrogens is 1330 g/mol. The van der Waals surface area contributed by atoms with Gasteiger partial charge in [0.2, 0.25) is 29.5 Å². The Bertz CT molecular complexity index is 2170. The summed E-state index contributed by atoms with van der Waals surface area (Å²) in [4.78, 5) is 112. The quantitative estimate of drug-likeness (QED) is 0.0339. The minimum absolute atomic E-state index is 0.00881. The van der Waals surface area contributed by atoms with Gasteiger partial charge in [0.1, 0.15) is 96.2 Å². The van der Waals surface area contributed by atoms with E-state index in [0.29, 0.717) is 135 Å². The summed E-state index contributed by atoms with van der Waals surface area (Å²) in [6.07, 6.45) is -5.15. The van der Waals surface area contributed by atoms with Gasteiger partial charge in [0, 0.05) is 123 Å². The zero-order valence-electron chi connectivity index (χ0n) is 60.0. The summed E-state index contributed by atoms with van der Waals surface area (Å²) in [7, 11) is 0. The lowest BCUT2D eigenvalue weighted by Gasteiger charge is -2.42. The number of hydrogen-bond acceptors (Lipinski definition) is 27. The van der Waals surface area contributed by atoms with Crippen LogP contribution in [0.4, 0.5) is 0 Å². The molecule has 3 rings (SSSR count). The lowest BCUT2D eigenvalue weighted by molar-refractivity contribution is -0.270. The second kappa shape index (κ2) is 51.5. The highest BCUT2D eigenvalue weighted by Gasteiger charge is 2.48. The molecule has 0 saturated carbocycles. The van der Waals surface area contributed by atoms with E-state index in [1.54, 1.807) is 0 Å². The number of carbonyl (C=O) groups is 9. The van der Waals surface area contributed by atoms with Crippen molar-refractivity contribution < 1.29 is 132 Å². The first-order valence-electron chi connectivity index (χ1n) is 36.1. The van der Waals surface area contributed by atoms with Gasteiger partial charge in [0.05, 0.1) is 59.5 Å². The van der Waals surface area contributed by atoms with Gasteiger partial charge in [0.25, 0.3) is 0 Å². The Balaban J connectivity index is 1.40. The average Bonchev–Trinajstić information content (AvgIpc) is 0.824. The Hall–Kier alpha value is -4.69. The highest BCUT2D eigenvalue weighted by molar-refractivity contribution is 5.80. The third-order valence-electron chi connectivity index (χ3n) is 17.5. The monoisotopic (exact) mass is 1450 g/mol. The lowest BCUT2D eigenvalue weighted by atomic mass is 9.82. The number of amides is 5. The van der Waals surface area contributed by atoms with Crippen molar-refractivity contribution in [3.05, 3.63) is 0 Å². The van der Waals surface area contributed by atoms with Crippen molar-refractivity contribution >= 4 is 52.7 Å². The zero-order chi connectivity index (χ0) is 74.7. The molecule has 0 aromatic rings. The number of carbonyl (C=O) groups excluding carboxylic acids is 9. The van der Waals surface area contributed by atoms with Gasteiger partial charge in [-0.05, 0) is 89.4 Å². The minimum Gasteiger partial charge on any atom is -0.394 e. The second-order valence-electron chi connectivity index (χ2n) is 27.1. The van der Waals surface area contributed by atoms with E-state index in [1.165, 1.54) is 20.8 Å². The Labute approximate surface area is 593 Å². The van der Waals surface area contributed by atoms with Crippen LogP contribution in [0.1, 0.15) is 189 Å². The van der Waals surface area contributed by atoms with Gasteiger partial charge in [-0.25, -0.2) is 0 Å². The van der Waals surface area contributed by atoms with E-state index < -0.39 is 135 Å². The molecule has 3 aliphatic heterocycles. The third-order valence-corrected chi connectivity index (χ3v) is 17.5. The van der Waals surface area contributed by atoms with Crippen LogP contribution >= 0.6 is 0 Å². The van der Waals surface area contributed by atoms with E-state index in [2.05, 4.69) is 26.6 Å². The van der Waals surface area contributed by atoms with Crippen molar-refractivity contribution in [1.29, 1.82) is 0 Å². The zero-order valence-corrected chi connectivity index (χ0v) is 60.0. The predicted molar refractivity (Wildman–Crippen MR) is 361 cm³/mol. The summed E-state index contributed by atoms with van der Waals surface area (Å²) in [5, 5.41) is 104. The molecule has 5 amide bonds. The number of aliphatic hydroxyl groups is 9. The molecule has 584 valence electrons. The number of nitrogens with one attached hydrogen (secondary N) is 5. The minimum atomic E-state index is -1.43. The highest BCUT2D eigenvalue weighted by Crippen LogP contribution is 2.30. The van der Waals surface area contributed by atoms with Crippen LogP contribution in [0.15, 0.2) is 0 Å². The molecule has 32 heteroatoms. The fourth-order valence-corrected chi connectivity index (χ4v) is 12.1. The van der Waals surface area contributed by atoms with Gasteiger partial charge in [-0.1, -0.05) is 20.3 Å². The molecule has 3 fully saturated rings. The van der Waals surface area contributed by atoms with Crippen molar-refractivity contribution in [2.45, 2.75) is 281 Å². The molecule has 0 radical (unpaired) electrons. The number of hydrogen-bond donors (Lipinski definition) is 14. The molecule has 7 unspecified atom stereocenters. The predicted octanol–water partition coefficient (Wildman–Crippen LogP) is -0.569. The molecule has 16 atom stereocenters. The van der Waals surface area contributed by atoms with Crippen molar-refractivity contribution in [3.63, 3.8) is 0 Å². The molecule has 0 aromatic heterocycles. The van der Waals surface area contributed by atoms with Gasteiger partial charge in [-0.3, -0.25) is 43.2 Å². The van der Waals surface area contributed by atoms with Crippen LogP contribution in [0.25, 0.3) is 0 Å². The van der Waals surface area contributed by atoms with Crippen LogP contribution in [0, 0.1) is 11.3 Å². The van der Waals surface area contributed by atoms with Crippen LogP contribution in [0.5, 0.6) is 0 Å². The van der Waals surface area contributed by atoms with Crippen LogP contribution < -0.4 is 26.6 Å². The first-order valence-corrected chi connectivity index (χ1v) is 36.1. The number of rotatable bonds is 57. The molecule has 3 aliphatic rings. The largest absolute Gasteiger partial charge is 0.394 e. The number of unbranched alkanes of at least 4 members (excludes halogenated alkanes) is 7. The lowest BCUT2D eigenvalue weighted by Crippen LogP contribution is -2.64. The Morgan fingerprint density at radius 1 is 0.366 bits per heavy atom. The van der Waals surface area contributed by atoms with Gasteiger partial charge < -0.3 is 115 Å². The summed E-state index contributed by atoms with van der Waals surface area (Å²) in [6.45, 7) is 8.09. The van der Waals surface area contributed by atoms with Crippen LogP contribution in [-0.4, -0.2) is 283 Å². The molecule has 14 N–H and O–H groups in total. The molecule has 0 aromatic carbocycles. The van der Waals surface area contributed by atoms with Crippen molar-refractivity contribution in [3.8, 4) is 0 Å². The van der Waals surface area contributed by atoms with E-state index in [9.17, 15) is 89.1 Å². The SMILES string of the molecule is CC(=O)N[C@H]1C(O)[C@@H](O)C(CO)O[C@H]1OCCCCC(=O)CCCCCC(=O)CCOCC(COCCC(=O)CCCCNC(=O)CCCCO[C@@H]1OC(CO)[C@H](O)C(O)[C@@H]1NC(C)=O)(COCCC(=O)NCCCCC(=O)CCCCO[C@@H]1OC(CO)[C@H](O)C(O)[C@@H]1NC(C)=O)CC(C)C. The van der Waals surface area contributed by atoms with Gasteiger partial charge in [-0.15, -0.1) is 0 Å². The molecule has 3 saturated heterocycles. The molecule has 32 nitrogen and oxygen atoms in total. The van der Waals surface area contributed by atoms with Gasteiger partial charge >= 0.3 is 0 Å². The molecule has 0 aliphatic carbocycles. The van der Waals surface area contributed by atoms with E-state index in [0.717, 1.165) is 0 Å². The van der Waals surface area contributed by atoms with Crippen molar-refractivity contribution in [2.24, 2.45) is 11.3 Å². The smallest absolute Gasteiger partial charge is 0.222 e. The van der Waals surface area contributed by atoms with Crippen molar-refractivity contribution in [1.82, 2.24) is 26.6 Å². The number of ketones is 4. The number of Topliss-reactive ketones (excluding diaryl/α,β-unsaturated/α-hetero) is 4.